The molecule has 1 aliphatic rings. The lowest BCUT2D eigenvalue weighted by atomic mass is 9.87. The molecule has 8 heteroatoms. The summed E-state index contributed by atoms with van der Waals surface area (Å²) in [4.78, 5) is 0. The van der Waals surface area contributed by atoms with Crippen molar-refractivity contribution in [2.45, 2.75) is 44.5 Å². The second kappa shape index (κ2) is 17.4. The monoisotopic (exact) mass is 574 g/mol. The molecule has 0 spiro atoms. The number of nitrogens with zero attached hydrogens (tertiary/aromatic N) is 1. The van der Waals surface area contributed by atoms with Crippen molar-refractivity contribution < 1.29 is 28.4 Å². The summed E-state index contributed by atoms with van der Waals surface area (Å²) < 4.78 is 34.5. The lowest BCUT2D eigenvalue weighted by Crippen LogP contribution is -2.40. The van der Waals surface area contributed by atoms with E-state index in [-0.39, 0.29) is 12.0 Å². The van der Waals surface area contributed by atoms with Crippen molar-refractivity contribution in [1.82, 2.24) is 5.32 Å². The van der Waals surface area contributed by atoms with Gasteiger partial charge in [-0.1, -0.05) is 36.4 Å². The van der Waals surface area contributed by atoms with Gasteiger partial charge in [0.2, 0.25) is 0 Å². The van der Waals surface area contributed by atoms with E-state index in [0.717, 1.165) is 55.0 Å². The van der Waals surface area contributed by atoms with Crippen LogP contribution in [0, 0.1) is 11.3 Å². The van der Waals surface area contributed by atoms with Crippen LogP contribution in [0.25, 0.3) is 0 Å². The Morgan fingerprint density at radius 2 is 1.67 bits per heavy atom. The van der Waals surface area contributed by atoms with Gasteiger partial charge >= 0.3 is 0 Å². The molecular weight excluding hydrogens is 532 g/mol. The van der Waals surface area contributed by atoms with Crippen LogP contribution in [0.15, 0.2) is 66.7 Å². The highest BCUT2D eigenvalue weighted by Gasteiger charge is 2.27. The third-order valence-electron chi connectivity index (χ3n) is 7.27. The third kappa shape index (κ3) is 9.47. The van der Waals surface area contributed by atoms with Gasteiger partial charge in [0.15, 0.2) is 0 Å². The predicted octanol–water partition coefficient (Wildman–Crippen LogP) is 5.63. The SMILES string of the molecule is COCCCOc1cc(COC2CNCCC2c2ccc(OCCCOCc3ccccc3OC)cc2)ccc1C#N. The molecule has 1 heterocycles. The van der Waals surface area contributed by atoms with E-state index in [2.05, 4.69) is 23.5 Å². The maximum atomic E-state index is 9.45. The Bertz CT molecular complexity index is 1260. The van der Waals surface area contributed by atoms with Crippen molar-refractivity contribution >= 4 is 0 Å². The van der Waals surface area contributed by atoms with Crippen molar-refractivity contribution in [2.75, 3.05) is 53.7 Å². The second-order valence-corrected chi connectivity index (χ2v) is 10.2. The molecule has 0 aromatic heterocycles. The standard InChI is InChI=1S/C34H42N2O6/c1-37-17-5-20-41-33-21-26(9-10-28(33)22-35)24-42-34-23-36-16-15-31(34)27-11-13-30(14-12-27)40-19-6-18-39-25-29-7-3-4-8-32(29)38-2/h3-4,7-14,21,31,34,36H,5-6,15-20,23-25H2,1-2H3. The van der Waals surface area contributed by atoms with E-state index in [4.69, 9.17) is 28.4 Å². The number of ether oxygens (including phenoxy) is 6. The molecule has 2 unspecified atom stereocenters. The smallest absolute Gasteiger partial charge is 0.137 e. The number of benzene rings is 3. The van der Waals surface area contributed by atoms with Crippen molar-refractivity contribution in [3.8, 4) is 23.3 Å². The van der Waals surface area contributed by atoms with Crippen LogP contribution >= 0.6 is 0 Å². The van der Waals surface area contributed by atoms with E-state index < -0.39 is 0 Å². The predicted molar refractivity (Wildman–Crippen MR) is 161 cm³/mol. The molecule has 0 bridgehead atoms. The fourth-order valence-electron chi connectivity index (χ4n) is 5.01. The molecule has 0 saturated carbocycles. The first-order valence-corrected chi connectivity index (χ1v) is 14.6. The molecule has 3 aromatic carbocycles. The molecule has 1 aliphatic heterocycles. The largest absolute Gasteiger partial charge is 0.496 e. The lowest BCUT2D eigenvalue weighted by Gasteiger charge is -2.32. The highest BCUT2D eigenvalue weighted by molar-refractivity contribution is 5.45. The molecule has 0 amide bonds. The normalized spacial score (nSPS) is 16.5. The summed E-state index contributed by atoms with van der Waals surface area (Å²) in [7, 11) is 3.34. The Morgan fingerprint density at radius 3 is 2.48 bits per heavy atom. The minimum Gasteiger partial charge on any atom is -0.496 e. The van der Waals surface area contributed by atoms with E-state index in [1.807, 2.05) is 48.5 Å². The van der Waals surface area contributed by atoms with Gasteiger partial charge < -0.3 is 33.7 Å². The Morgan fingerprint density at radius 1 is 0.857 bits per heavy atom. The lowest BCUT2D eigenvalue weighted by molar-refractivity contribution is 0.0105. The van der Waals surface area contributed by atoms with Gasteiger partial charge in [-0.25, -0.2) is 0 Å². The Balaban J connectivity index is 1.23. The first kappa shape index (κ1) is 31.3. The summed E-state index contributed by atoms with van der Waals surface area (Å²) in [6, 6.07) is 24.1. The Labute approximate surface area is 249 Å². The Hall–Kier alpha value is -3.61. The van der Waals surface area contributed by atoms with Crippen molar-refractivity contribution in [2.24, 2.45) is 0 Å². The van der Waals surface area contributed by atoms with Gasteiger partial charge in [0.25, 0.3) is 0 Å². The maximum absolute atomic E-state index is 9.45. The molecule has 1 saturated heterocycles. The summed E-state index contributed by atoms with van der Waals surface area (Å²) in [5.74, 6) is 2.57. The fraction of sp³-hybridized carbons (Fsp3) is 0.441. The zero-order valence-corrected chi connectivity index (χ0v) is 24.7. The number of hydrogen-bond donors (Lipinski definition) is 1. The number of methoxy groups -OCH3 is 2. The van der Waals surface area contributed by atoms with Crippen molar-refractivity contribution in [1.29, 1.82) is 5.26 Å². The van der Waals surface area contributed by atoms with Crippen LogP contribution in [-0.4, -0.2) is 59.8 Å². The molecule has 8 nitrogen and oxygen atoms in total. The quantitative estimate of drug-likeness (QED) is 0.208. The summed E-state index contributed by atoms with van der Waals surface area (Å²) in [5.41, 5.74) is 3.80. The average molecular weight is 575 g/mol. The molecule has 0 aliphatic carbocycles. The molecule has 1 N–H and O–H groups in total. The molecule has 1 fully saturated rings. The number of hydrogen-bond acceptors (Lipinski definition) is 8. The van der Waals surface area contributed by atoms with Gasteiger partial charge in [-0.3, -0.25) is 0 Å². The number of piperidine rings is 1. The van der Waals surface area contributed by atoms with Crippen LogP contribution in [0.5, 0.6) is 17.2 Å². The molecular formula is C34H42N2O6. The van der Waals surface area contributed by atoms with Gasteiger partial charge in [0.05, 0.1) is 51.8 Å². The highest BCUT2D eigenvalue weighted by atomic mass is 16.5. The maximum Gasteiger partial charge on any atom is 0.137 e. The van der Waals surface area contributed by atoms with E-state index in [1.54, 1.807) is 20.3 Å². The van der Waals surface area contributed by atoms with Crippen molar-refractivity contribution in [3.05, 3.63) is 89.0 Å². The van der Waals surface area contributed by atoms with E-state index in [0.29, 0.717) is 51.0 Å². The second-order valence-electron chi connectivity index (χ2n) is 10.2. The van der Waals surface area contributed by atoms with Gasteiger partial charge in [-0.2, -0.15) is 5.26 Å². The van der Waals surface area contributed by atoms with Gasteiger partial charge in [-0.15, -0.1) is 0 Å². The molecule has 0 radical (unpaired) electrons. The first-order chi connectivity index (χ1) is 20.7. The minimum absolute atomic E-state index is 0.0348. The molecule has 3 aromatic rings. The average Bonchev–Trinajstić information content (AvgIpc) is 3.04. The molecule has 42 heavy (non-hydrogen) atoms. The summed E-state index contributed by atoms with van der Waals surface area (Å²) in [6.45, 7) is 5.03. The molecule has 224 valence electrons. The van der Waals surface area contributed by atoms with E-state index in [9.17, 15) is 5.26 Å². The fourth-order valence-corrected chi connectivity index (χ4v) is 5.01. The molecule has 4 rings (SSSR count). The van der Waals surface area contributed by atoms with Crippen LogP contribution in [0.1, 0.15) is 47.4 Å². The number of nitriles is 1. The van der Waals surface area contributed by atoms with Crippen LogP contribution in [0.4, 0.5) is 0 Å². The number of rotatable bonds is 17. The zero-order valence-electron chi connectivity index (χ0n) is 24.7. The van der Waals surface area contributed by atoms with Crippen molar-refractivity contribution in [3.63, 3.8) is 0 Å². The topological polar surface area (TPSA) is 91.2 Å². The number of para-hydroxylation sites is 1. The van der Waals surface area contributed by atoms with Gasteiger partial charge in [0.1, 0.15) is 23.3 Å². The highest BCUT2D eigenvalue weighted by Crippen LogP contribution is 2.30. The summed E-state index contributed by atoms with van der Waals surface area (Å²) in [6.07, 6.45) is 2.60. The van der Waals surface area contributed by atoms with Crippen LogP contribution < -0.4 is 19.5 Å². The van der Waals surface area contributed by atoms with E-state index >= 15 is 0 Å². The Kier molecular flexibility index (Phi) is 13.0. The van der Waals surface area contributed by atoms with E-state index in [1.165, 1.54) is 5.56 Å². The van der Waals surface area contributed by atoms with Gasteiger partial charge in [-0.05, 0) is 54.4 Å². The third-order valence-corrected chi connectivity index (χ3v) is 7.27. The van der Waals surface area contributed by atoms with Crippen LogP contribution in [0.2, 0.25) is 0 Å². The number of nitrogens with one attached hydrogen (secondary N) is 1. The van der Waals surface area contributed by atoms with Crippen LogP contribution in [-0.2, 0) is 27.4 Å². The van der Waals surface area contributed by atoms with Crippen LogP contribution in [0.3, 0.4) is 0 Å². The van der Waals surface area contributed by atoms with Gasteiger partial charge in [0, 0.05) is 44.6 Å². The summed E-state index contributed by atoms with van der Waals surface area (Å²) in [5, 5.41) is 12.9. The minimum atomic E-state index is 0.0348. The summed E-state index contributed by atoms with van der Waals surface area (Å²) >= 11 is 0. The molecule has 2 atom stereocenters. The zero-order chi connectivity index (χ0) is 29.4. The first-order valence-electron chi connectivity index (χ1n) is 14.6.